The number of nitrogens with two attached hydrogens (primary N) is 1. The van der Waals surface area contributed by atoms with Gasteiger partial charge in [0.05, 0.1) is 11.3 Å². The third-order valence-electron chi connectivity index (χ3n) is 7.09. The van der Waals surface area contributed by atoms with Crippen LogP contribution in [0, 0.1) is 12.8 Å². The number of carbonyl (C=O) groups is 1. The lowest BCUT2D eigenvalue weighted by molar-refractivity contribution is -0.136. The highest BCUT2D eigenvalue weighted by atomic mass is 16.5. The summed E-state index contributed by atoms with van der Waals surface area (Å²) >= 11 is 0. The Labute approximate surface area is 216 Å². The zero-order chi connectivity index (χ0) is 26.1. The van der Waals surface area contributed by atoms with Crippen LogP contribution in [0.4, 0.5) is 0 Å². The van der Waals surface area contributed by atoms with E-state index in [4.69, 9.17) is 15.6 Å². The minimum absolute atomic E-state index is 0.0240. The van der Waals surface area contributed by atoms with Gasteiger partial charge in [-0.15, -0.1) is 0 Å². The number of aryl methyl sites for hydroxylation is 1. The van der Waals surface area contributed by atoms with E-state index in [2.05, 4.69) is 17.1 Å². The van der Waals surface area contributed by atoms with E-state index in [0.29, 0.717) is 16.9 Å². The molecule has 4 aromatic rings. The van der Waals surface area contributed by atoms with Crippen LogP contribution in [-0.4, -0.2) is 26.6 Å². The second kappa shape index (κ2) is 10.2. The third kappa shape index (κ3) is 4.74. The summed E-state index contributed by atoms with van der Waals surface area (Å²) in [6.45, 7) is 5.65. The van der Waals surface area contributed by atoms with E-state index in [-0.39, 0.29) is 17.4 Å². The number of H-pyrrole nitrogens is 1. The van der Waals surface area contributed by atoms with Crippen LogP contribution in [0.2, 0.25) is 0 Å². The Balaban J connectivity index is 1.58. The van der Waals surface area contributed by atoms with Crippen LogP contribution in [0.5, 0.6) is 5.75 Å². The summed E-state index contributed by atoms with van der Waals surface area (Å²) in [6, 6.07) is 16.3. The second-order valence-corrected chi connectivity index (χ2v) is 10.0. The molecule has 0 bridgehead atoms. The number of allylic oxidation sites excluding steroid dienone is 2. The first kappa shape index (κ1) is 24.7. The van der Waals surface area contributed by atoms with Crippen LogP contribution in [0.15, 0.2) is 71.5 Å². The van der Waals surface area contributed by atoms with Crippen molar-refractivity contribution >= 4 is 11.6 Å². The van der Waals surface area contributed by atoms with Gasteiger partial charge in [-0.3, -0.25) is 4.79 Å². The number of nitrogens with one attached hydrogen (secondary N) is 1. The highest BCUT2D eigenvalue weighted by Gasteiger charge is 2.26. The minimum Gasteiger partial charge on any atom is -0.425 e. The molecule has 2 heterocycles. The van der Waals surface area contributed by atoms with Crippen molar-refractivity contribution in [2.24, 2.45) is 11.7 Å². The molecule has 2 unspecified atom stereocenters. The summed E-state index contributed by atoms with van der Waals surface area (Å²) in [4.78, 5) is 29.6. The van der Waals surface area contributed by atoms with Gasteiger partial charge in [0.25, 0.3) is 5.56 Å². The van der Waals surface area contributed by atoms with E-state index in [0.717, 1.165) is 47.4 Å². The SMILES string of the molecule is Cc1[nH]c2c(C3CC=CCC3)c(-c3ccccc3)nn2c(=O)c1-c1ccc(OC(=O)C(N)C(C)C)cc1. The highest BCUT2D eigenvalue weighted by molar-refractivity contribution is 5.79. The van der Waals surface area contributed by atoms with Crippen LogP contribution < -0.4 is 16.0 Å². The van der Waals surface area contributed by atoms with Crippen LogP contribution in [0.1, 0.15) is 50.3 Å². The van der Waals surface area contributed by atoms with Crippen molar-refractivity contribution in [3.63, 3.8) is 0 Å². The number of carbonyl (C=O) groups excluding carboxylic acids is 1. The first-order valence-corrected chi connectivity index (χ1v) is 12.8. The lowest BCUT2D eigenvalue weighted by Gasteiger charge is -2.18. The molecule has 37 heavy (non-hydrogen) atoms. The lowest BCUT2D eigenvalue weighted by Crippen LogP contribution is -2.38. The van der Waals surface area contributed by atoms with Crippen LogP contribution in [0.25, 0.3) is 28.0 Å². The van der Waals surface area contributed by atoms with E-state index in [1.54, 1.807) is 24.3 Å². The quantitative estimate of drug-likeness (QED) is 0.212. The van der Waals surface area contributed by atoms with Crippen molar-refractivity contribution in [2.45, 2.75) is 52.0 Å². The average molecular weight is 497 g/mol. The third-order valence-corrected chi connectivity index (χ3v) is 7.09. The predicted octanol–water partition coefficient (Wildman–Crippen LogP) is 5.38. The molecule has 0 saturated carbocycles. The zero-order valence-electron chi connectivity index (χ0n) is 21.4. The molecule has 2 aromatic carbocycles. The smallest absolute Gasteiger partial charge is 0.328 e. The molecule has 2 aromatic heterocycles. The van der Waals surface area contributed by atoms with Gasteiger partial charge in [-0.25, -0.2) is 4.79 Å². The number of nitrogens with zero attached hydrogens (tertiary/aromatic N) is 2. The van der Waals surface area contributed by atoms with Gasteiger partial charge < -0.3 is 15.5 Å². The molecule has 1 aliphatic carbocycles. The Morgan fingerprint density at radius 1 is 1.08 bits per heavy atom. The van der Waals surface area contributed by atoms with E-state index >= 15 is 0 Å². The average Bonchev–Trinajstić information content (AvgIpc) is 3.29. The maximum Gasteiger partial charge on any atom is 0.328 e. The maximum atomic E-state index is 13.8. The largest absolute Gasteiger partial charge is 0.425 e. The van der Waals surface area contributed by atoms with Gasteiger partial charge in [-0.05, 0) is 55.7 Å². The van der Waals surface area contributed by atoms with Crippen LogP contribution in [0.3, 0.4) is 0 Å². The molecule has 190 valence electrons. The highest BCUT2D eigenvalue weighted by Crippen LogP contribution is 2.38. The molecule has 0 aliphatic heterocycles. The summed E-state index contributed by atoms with van der Waals surface area (Å²) in [7, 11) is 0. The Morgan fingerprint density at radius 3 is 2.46 bits per heavy atom. The topological polar surface area (TPSA) is 102 Å². The van der Waals surface area contributed by atoms with Crippen molar-refractivity contribution in [1.29, 1.82) is 0 Å². The van der Waals surface area contributed by atoms with Gasteiger partial charge in [0.2, 0.25) is 0 Å². The Morgan fingerprint density at radius 2 is 1.81 bits per heavy atom. The van der Waals surface area contributed by atoms with Gasteiger partial charge in [0, 0.05) is 16.8 Å². The van der Waals surface area contributed by atoms with E-state index < -0.39 is 12.0 Å². The fourth-order valence-electron chi connectivity index (χ4n) is 4.94. The summed E-state index contributed by atoms with van der Waals surface area (Å²) in [5, 5.41) is 4.84. The van der Waals surface area contributed by atoms with E-state index in [1.807, 2.05) is 51.1 Å². The Kier molecular flexibility index (Phi) is 6.80. The molecule has 7 heteroatoms. The van der Waals surface area contributed by atoms with Crippen molar-refractivity contribution in [3.8, 4) is 28.1 Å². The summed E-state index contributed by atoms with van der Waals surface area (Å²) in [6.07, 6.45) is 7.38. The maximum absolute atomic E-state index is 13.8. The molecule has 0 amide bonds. The first-order valence-electron chi connectivity index (χ1n) is 12.8. The summed E-state index contributed by atoms with van der Waals surface area (Å²) in [5.74, 6) is 0.167. The molecule has 3 N–H and O–H groups in total. The predicted molar refractivity (Wildman–Crippen MR) is 146 cm³/mol. The molecule has 0 saturated heterocycles. The van der Waals surface area contributed by atoms with Crippen molar-refractivity contribution < 1.29 is 9.53 Å². The van der Waals surface area contributed by atoms with Gasteiger partial charge in [0.15, 0.2) is 0 Å². The van der Waals surface area contributed by atoms with Crippen molar-refractivity contribution in [2.75, 3.05) is 0 Å². The Hall–Kier alpha value is -3.97. The molecule has 1 aliphatic rings. The first-order chi connectivity index (χ1) is 17.8. The number of fused-ring (bicyclic) bond motifs is 1. The van der Waals surface area contributed by atoms with Gasteiger partial charge >= 0.3 is 5.97 Å². The van der Waals surface area contributed by atoms with Gasteiger partial charge in [-0.1, -0.05) is 68.5 Å². The molecular weight excluding hydrogens is 464 g/mol. The molecule has 5 rings (SSSR count). The molecule has 0 fully saturated rings. The number of rotatable bonds is 6. The van der Waals surface area contributed by atoms with E-state index in [9.17, 15) is 9.59 Å². The van der Waals surface area contributed by atoms with Crippen LogP contribution in [-0.2, 0) is 4.79 Å². The number of aromatic amines is 1. The standard InChI is InChI=1S/C30H32N4O3/c1-18(2)26(31)30(36)37-23-16-14-21(15-17-23)24-19(3)32-28-25(20-10-6-4-7-11-20)27(33-34(28)29(24)35)22-12-8-5-9-13-22/h4-6,8-9,12-18,20,26,32H,7,10-11,31H2,1-3H3. The molecule has 2 atom stereocenters. The normalized spacial score (nSPS) is 16.3. The summed E-state index contributed by atoms with van der Waals surface area (Å²) < 4.78 is 6.93. The number of benzene rings is 2. The fourth-order valence-corrected chi connectivity index (χ4v) is 4.94. The molecular formula is C30H32N4O3. The molecule has 0 radical (unpaired) electrons. The van der Waals surface area contributed by atoms with Gasteiger partial charge in [-0.2, -0.15) is 9.61 Å². The number of aromatic nitrogens is 3. The van der Waals surface area contributed by atoms with Crippen molar-refractivity contribution in [3.05, 3.63) is 88.4 Å². The minimum atomic E-state index is -0.695. The molecule has 0 spiro atoms. The molecule has 7 nitrogen and oxygen atoms in total. The van der Waals surface area contributed by atoms with Gasteiger partial charge in [0.1, 0.15) is 17.4 Å². The number of ether oxygens (including phenoxy) is 1. The zero-order valence-corrected chi connectivity index (χ0v) is 21.4. The fraction of sp³-hybridized carbons (Fsp3) is 0.300. The number of esters is 1. The lowest BCUT2D eigenvalue weighted by atomic mass is 9.86. The Bertz CT molecular complexity index is 1510. The van der Waals surface area contributed by atoms with E-state index in [1.165, 1.54) is 4.52 Å². The monoisotopic (exact) mass is 496 g/mol. The van der Waals surface area contributed by atoms with Crippen molar-refractivity contribution in [1.82, 2.24) is 14.6 Å². The number of hydrogen-bond acceptors (Lipinski definition) is 5. The second-order valence-electron chi connectivity index (χ2n) is 10.0. The number of hydrogen-bond donors (Lipinski definition) is 2. The summed E-state index contributed by atoms with van der Waals surface area (Å²) in [5.41, 5.74) is 11.4. The van der Waals surface area contributed by atoms with Crippen LogP contribution >= 0.6 is 0 Å².